The Morgan fingerprint density at radius 3 is 2.21 bits per heavy atom. The molecule has 2 aromatic heterocycles. The summed E-state index contributed by atoms with van der Waals surface area (Å²) in [6.45, 7) is 0. The lowest BCUT2D eigenvalue weighted by molar-refractivity contribution is -0.142. The van der Waals surface area contributed by atoms with Gasteiger partial charge in [-0.15, -0.1) is 0 Å². The van der Waals surface area contributed by atoms with Gasteiger partial charge in [0.2, 0.25) is 0 Å². The quantitative estimate of drug-likeness (QED) is 0.301. The Morgan fingerprint density at radius 2 is 1.57 bits per heavy atom. The number of rotatable bonds is 2. The average Bonchev–Trinajstić information content (AvgIpc) is 3.07. The van der Waals surface area contributed by atoms with Crippen LogP contribution in [-0.2, 0) is 6.18 Å². The van der Waals surface area contributed by atoms with Gasteiger partial charge in [-0.1, -0.05) is 57.3 Å². The molecule has 0 amide bonds. The van der Waals surface area contributed by atoms with Crippen molar-refractivity contribution < 1.29 is 13.2 Å². The molecule has 9 heteroatoms. The van der Waals surface area contributed by atoms with Gasteiger partial charge in [-0.05, 0) is 35.9 Å². The fourth-order valence-electron chi connectivity index (χ4n) is 2.80. The summed E-state index contributed by atoms with van der Waals surface area (Å²) in [6.07, 6.45) is -3.24. The molecule has 3 nitrogen and oxygen atoms in total. The predicted molar refractivity (Wildman–Crippen MR) is 107 cm³/mol. The Hall–Kier alpha value is -2.09. The molecule has 0 unspecified atom stereocenters. The molecule has 0 aliphatic rings. The van der Waals surface area contributed by atoms with Gasteiger partial charge >= 0.3 is 6.18 Å². The van der Waals surface area contributed by atoms with Gasteiger partial charge in [0.25, 0.3) is 0 Å². The molecule has 142 valence electrons. The summed E-state index contributed by atoms with van der Waals surface area (Å²) in [5.41, 5.74) is 0.896. The fraction of sp³-hybridized carbons (Fsp3) is 0.0526. The summed E-state index contributed by atoms with van der Waals surface area (Å²) in [5, 5.41) is 4.47. The molecule has 2 heterocycles. The van der Waals surface area contributed by atoms with E-state index in [1.54, 1.807) is 30.3 Å². The second kappa shape index (κ2) is 7.06. The fourth-order valence-corrected chi connectivity index (χ4v) is 3.36. The smallest absolute Gasteiger partial charge is 0.228 e. The summed E-state index contributed by atoms with van der Waals surface area (Å²) in [7, 11) is 0. The van der Waals surface area contributed by atoms with Crippen LogP contribution in [0.25, 0.3) is 28.0 Å². The van der Waals surface area contributed by atoms with Gasteiger partial charge < -0.3 is 0 Å². The van der Waals surface area contributed by atoms with Gasteiger partial charge in [-0.3, -0.25) is 0 Å². The van der Waals surface area contributed by atoms with E-state index in [9.17, 15) is 13.2 Å². The molecule has 4 rings (SSSR count). The zero-order chi connectivity index (χ0) is 20.1. The number of hydrogen-bond acceptors (Lipinski definition) is 2. The minimum absolute atomic E-state index is 0.0956. The molecule has 2 aromatic carbocycles. The number of nitrogens with zero attached hydrogens (tertiary/aromatic N) is 3. The number of halogens is 6. The lowest BCUT2D eigenvalue weighted by atomic mass is 10.1. The summed E-state index contributed by atoms with van der Waals surface area (Å²) in [6, 6.07) is 12.7. The van der Waals surface area contributed by atoms with E-state index < -0.39 is 11.9 Å². The topological polar surface area (TPSA) is 30.2 Å². The first-order valence-corrected chi connectivity index (χ1v) is 9.46. The second-order valence-electron chi connectivity index (χ2n) is 5.95. The summed E-state index contributed by atoms with van der Waals surface area (Å²) in [4.78, 5) is 4.44. The highest BCUT2D eigenvalue weighted by molar-refractivity contribution is 9.10. The Morgan fingerprint density at radius 1 is 0.893 bits per heavy atom. The van der Waals surface area contributed by atoms with E-state index in [1.165, 1.54) is 18.3 Å². The highest BCUT2D eigenvalue weighted by atomic mass is 79.9. The molecule has 4 aromatic rings. The van der Waals surface area contributed by atoms with Crippen molar-refractivity contribution in [1.29, 1.82) is 0 Å². The largest absolute Gasteiger partial charge is 0.433 e. The molecule has 0 fully saturated rings. The van der Waals surface area contributed by atoms with Crippen LogP contribution in [0.15, 0.2) is 59.2 Å². The monoisotopic (exact) mass is 485 g/mol. The van der Waals surface area contributed by atoms with Crippen LogP contribution in [0.4, 0.5) is 13.2 Å². The maximum absolute atomic E-state index is 13.7. The maximum Gasteiger partial charge on any atom is 0.433 e. The number of hydrogen-bond donors (Lipinski definition) is 0. The van der Waals surface area contributed by atoms with Crippen molar-refractivity contribution in [2.75, 3.05) is 0 Å². The molecule has 0 bridgehead atoms. The van der Waals surface area contributed by atoms with E-state index in [4.69, 9.17) is 23.2 Å². The van der Waals surface area contributed by atoms with Crippen LogP contribution in [0.3, 0.4) is 0 Å². The third-order valence-electron chi connectivity index (χ3n) is 4.13. The number of fused-ring (bicyclic) bond motifs is 1. The first-order valence-electron chi connectivity index (χ1n) is 7.91. The van der Waals surface area contributed by atoms with Crippen molar-refractivity contribution in [3.8, 4) is 22.4 Å². The van der Waals surface area contributed by atoms with E-state index in [0.717, 1.165) is 15.1 Å². The Kier molecular flexibility index (Phi) is 4.85. The first kappa shape index (κ1) is 19.2. The molecule has 0 radical (unpaired) electrons. The molecule has 0 atom stereocenters. The number of aromatic nitrogens is 3. The second-order valence-corrected chi connectivity index (χ2v) is 7.68. The minimum atomic E-state index is -4.62. The predicted octanol–water partition coefficient (Wildman–Crippen LogP) is 7.15. The third kappa shape index (κ3) is 3.50. The molecule has 0 N–H and O–H groups in total. The Bertz CT molecular complexity index is 1190. The molecular weight excluding hydrogens is 478 g/mol. The van der Waals surface area contributed by atoms with Gasteiger partial charge in [0.05, 0.1) is 21.9 Å². The molecule has 0 aliphatic heterocycles. The van der Waals surface area contributed by atoms with E-state index in [1.807, 2.05) is 0 Å². The maximum atomic E-state index is 13.7. The third-order valence-corrected chi connectivity index (χ3v) is 5.40. The zero-order valence-electron chi connectivity index (χ0n) is 13.8. The Labute approximate surface area is 175 Å². The first-order chi connectivity index (χ1) is 13.2. The van der Waals surface area contributed by atoms with Crippen molar-refractivity contribution in [2.45, 2.75) is 6.18 Å². The lowest BCUT2D eigenvalue weighted by Crippen LogP contribution is -2.13. The van der Waals surface area contributed by atoms with Crippen LogP contribution >= 0.6 is 39.1 Å². The van der Waals surface area contributed by atoms with Crippen molar-refractivity contribution in [2.24, 2.45) is 0 Å². The van der Waals surface area contributed by atoms with Gasteiger partial charge in [0, 0.05) is 15.6 Å². The number of benzene rings is 2. The van der Waals surface area contributed by atoms with E-state index in [0.29, 0.717) is 21.7 Å². The van der Waals surface area contributed by atoms with Gasteiger partial charge in [-0.2, -0.15) is 18.3 Å². The van der Waals surface area contributed by atoms with Crippen molar-refractivity contribution in [1.82, 2.24) is 14.6 Å². The molecule has 0 aliphatic carbocycles. The van der Waals surface area contributed by atoms with Gasteiger partial charge in [0.15, 0.2) is 11.3 Å². The standard InChI is InChI=1S/C19H9BrCl2F3N3/c20-12-4-1-10(2-5-12)13-9-26-28-17(19(23,24)25)8-16(27-18(13)28)11-3-6-14(21)15(22)7-11/h1-9H. The zero-order valence-corrected chi connectivity index (χ0v) is 16.9. The van der Waals surface area contributed by atoms with Crippen molar-refractivity contribution in [3.05, 3.63) is 74.9 Å². The van der Waals surface area contributed by atoms with Crippen molar-refractivity contribution >= 4 is 44.8 Å². The number of alkyl halides is 3. The molecule has 0 saturated carbocycles. The summed E-state index contributed by atoms with van der Waals surface area (Å²) >= 11 is 15.3. The molecule has 0 saturated heterocycles. The highest BCUT2D eigenvalue weighted by Crippen LogP contribution is 2.36. The average molecular weight is 487 g/mol. The SMILES string of the molecule is FC(F)(F)c1cc(-c2ccc(Cl)c(Cl)c2)nc2c(-c3ccc(Br)cc3)cnn12. The molecule has 28 heavy (non-hydrogen) atoms. The summed E-state index contributed by atoms with van der Waals surface area (Å²) in [5.74, 6) is 0. The van der Waals surface area contributed by atoms with Crippen LogP contribution < -0.4 is 0 Å². The lowest BCUT2D eigenvalue weighted by Gasteiger charge is -2.12. The van der Waals surface area contributed by atoms with E-state index >= 15 is 0 Å². The molecule has 0 spiro atoms. The van der Waals surface area contributed by atoms with E-state index in [2.05, 4.69) is 26.0 Å². The van der Waals surface area contributed by atoms with Crippen LogP contribution in [0, 0.1) is 0 Å². The van der Waals surface area contributed by atoms with Crippen LogP contribution in [0.5, 0.6) is 0 Å². The van der Waals surface area contributed by atoms with Gasteiger partial charge in [-0.25, -0.2) is 9.50 Å². The van der Waals surface area contributed by atoms with Crippen LogP contribution in [0.1, 0.15) is 5.69 Å². The molecular formula is C19H9BrCl2F3N3. The van der Waals surface area contributed by atoms with Crippen molar-refractivity contribution in [3.63, 3.8) is 0 Å². The van der Waals surface area contributed by atoms with Crippen LogP contribution in [0.2, 0.25) is 10.0 Å². The van der Waals surface area contributed by atoms with Gasteiger partial charge in [0.1, 0.15) is 0 Å². The van der Waals surface area contributed by atoms with E-state index in [-0.39, 0.29) is 16.4 Å². The Balaban J connectivity index is 2.00. The van der Waals surface area contributed by atoms with Crippen LogP contribution in [-0.4, -0.2) is 14.6 Å². The minimum Gasteiger partial charge on any atom is -0.228 e. The summed E-state index contributed by atoms with van der Waals surface area (Å²) < 4.78 is 42.7. The normalized spacial score (nSPS) is 11.9. The highest BCUT2D eigenvalue weighted by Gasteiger charge is 2.35.